The molecule has 0 unspecified atom stereocenters. The Balaban J connectivity index is 2.35. The summed E-state index contributed by atoms with van der Waals surface area (Å²) in [5.41, 5.74) is 3.64. The summed E-state index contributed by atoms with van der Waals surface area (Å²) in [6.07, 6.45) is 2.09. The molecular formula is C11H15NO2. The van der Waals surface area contributed by atoms with Gasteiger partial charge in [0.1, 0.15) is 6.10 Å². The van der Waals surface area contributed by atoms with E-state index in [-0.39, 0.29) is 12.7 Å². The molecule has 0 fully saturated rings. The zero-order chi connectivity index (χ0) is 10.2. The van der Waals surface area contributed by atoms with E-state index in [4.69, 9.17) is 9.94 Å². The van der Waals surface area contributed by atoms with Crippen LogP contribution in [0.1, 0.15) is 6.42 Å². The van der Waals surface area contributed by atoms with Crippen LogP contribution in [0.15, 0.2) is 43.0 Å². The van der Waals surface area contributed by atoms with Gasteiger partial charge < -0.3 is 5.11 Å². The molecule has 3 heteroatoms. The summed E-state index contributed by atoms with van der Waals surface area (Å²) < 4.78 is 0. The SMILES string of the molecule is C=CC[C@H](CO)ONc1ccccc1. The van der Waals surface area contributed by atoms with Gasteiger partial charge in [-0.05, 0) is 18.6 Å². The fraction of sp³-hybridized carbons (Fsp3) is 0.273. The van der Waals surface area contributed by atoms with Crippen molar-refractivity contribution in [1.29, 1.82) is 0 Å². The summed E-state index contributed by atoms with van der Waals surface area (Å²) in [6, 6.07) is 9.53. The summed E-state index contributed by atoms with van der Waals surface area (Å²) in [7, 11) is 0. The third-order valence-electron chi connectivity index (χ3n) is 1.75. The van der Waals surface area contributed by atoms with E-state index < -0.39 is 0 Å². The topological polar surface area (TPSA) is 41.5 Å². The number of anilines is 1. The van der Waals surface area contributed by atoms with Crippen LogP contribution >= 0.6 is 0 Å². The van der Waals surface area contributed by atoms with Crippen molar-refractivity contribution in [1.82, 2.24) is 0 Å². The van der Waals surface area contributed by atoms with Gasteiger partial charge in [-0.1, -0.05) is 24.3 Å². The Kier molecular flexibility index (Phi) is 4.75. The highest BCUT2D eigenvalue weighted by molar-refractivity contribution is 5.40. The van der Waals surface area contributed by atoms with Gasteiger partial charge in [-0.15, -0.1) is 6.58 Å². The molecule has 0 aliphatic rings. The van der Waals surface area contributed by atoms with Crippen molar-refractivity contribution >= 4 is 5.69 Å². The quantitative estimate of drug-likeness (QED) is 0.536. The van der Waals surface area contributed by atoms with Crippen molar-refractivity contribution in [2.24, 2.45) is 0 Å². The molecule has 0 spiro atoms. The number of aliphatic hydroxyl groups is 1. The standard InChI is InChI=1S/C11H15NO2/c1-2-6-11(9-13)14-12-10-7-4-3-5-8-10/h2-5,7-8,11-13H,1,6,9H2/t11-/m1/s1. The molecule has 1 atom stereocenters. The molecule has 0 saturated heterocycles. The maximum Gasteiger partial charge on any atom is 0.112 e. The highest BCUT2D eigenvalue weighted by Gasteiger charge is 2.04. The average molecular weight is 193 g/mol. The first-order chi connectivity index (χ1) is 6.86. The Morgan fingerprint density at radius 3 is 2.71 bits per heavy atom. The van der Waals surface area contributed by atoms with Gasteiger partial charge in [0.05, 0.1) is 12.3 Å². The van der Waals surface area contributed by atoms with Crippen molar-refractivity contribution in [3.63, 3.8) is 0 Å². The molecule has 0 heterocycles. The second-order valence-corrected chi connectivity index (χ2v) is 2.91. The number of hydrogen-bond acceptors (Lipinski definition) is 3. The van der Waals surface area contributed by atoms with Gasteiger partial charge in [-0.25, -0.2) is 0 Å². The van der Waals surface area contributed by atoms with Gasteiger partial charge in [0.25, 0.3) is 0 Å². The molecule has 0 saturated carbocycles. The number of benzene rings is 1. The van der Waals surface area contributed by atoms with Crippen LogP contribution in [-0.4, -0.2) is 17.8 Å². The smallest absolute Gasteiger partial charge is 0.112 e. The number of aliphatic hydroxyl groups excluding tert-OH is 1. The molecule has 0 radical (unpaired) electrons. The van der Waals surface area contributed by atoms with Crippen LogP contribution in [0.3, 0.4) is 0 Å². The molecule has 1 aromatic carbocycles. The molecule has 76 valence electrons. The van der Waals surface area contributed by atoms with E-state index >= 15 is 0 Å². The van der Waals surface area contributed by atoms with E-state index in [2.05, 4.69) is 12.1 Å². The second kappa shape index (κ2) is 6.18. The van der Waals surface area contributed by atoms with E-state index in [1.165, 1.54) is 0 Å². The van der Waals surface area contributed by atoms with Crippen LogP contribution < -0.4 is 5.48 Å². The van der Waals surface area contributed by atoms with Crippen molar-refractivity contribution in [2.45, 2.75) is 12.5 Å². The largest absolute Gasteiger partial charge is 0.394 e. The summed E-state index contributed by atoms with van der Waals surface area (Å²) in [5.74, 6) is 0. The summed E-state index contributed by atoms with van der Waals surface area (Å²) in [6.45, 7) is 3.56. The fourth-order valence-corrected chi connectivity index (χ4v) is 1.00. The molecule has 1 rings (SSSR count). The first-order valence-corrected chi connectivity index (χ1v) is 4.55. The van der Waals surface area contributed by atoms with Crippen molar-refractivity contribution < 1.29 is 9.94 Å². The van der Waals surface area contributed by atoms with Crippen LogP contribution in [0.2, 0.25) is 0 Å². The molecule has 0 bridgehead atoms. The lowest BCUT2D eigenvalue weighted by Crippen LogP contribution is -2.20. The molecule has 0 aliphatic heterocycles. The first-order valence-electron chi connectivity index (χ1n) is 4.55. The van der Waals surface area contributed by atoms with Crippen LogP contribution in [0, 0.1) is 0 Å². The minimum absolute atomic E-state index is 0.0220. The number of para-hydroxylation sites is 1. The zero-order valence-corrected chi connectivity index (χ0v) is 8.02. The minimum Gasteiger partial charge on any atom is -0.394 e. The first kappa shape index (κ1) is 10.8. The Labute approximate surface area is 84.0 Å². The summed E-state index contributed by atoms with van der Waals surface area (Å²) in [4.78, 5) is 5.25. The molecule has 14 heavy (non-hydrogen) atoms. The maximum atomic E-state index is 8.92. The van der Waals surface area contributed by atoms with E-state index in [9.17, 15) is 0 Å². The maximum absolute atomic E-state index is 8.92. The van der Waals surface area contributed by atoms with Crippen molar-refractivity contribution in [2.75, 3.05) is 12.1 Å². The van der Waals surface area contributed by atoms with Crippen LogP contribution in [0.25, 0.3) is 0 Å². The van der Waals surface area contributed by atoms with E-state index in [1.807, 2.05) is 30.3 Å². The van der Waals surface area contributed by atoms with Gasteiger partial charge in [0, 0.05) is 0 Å². The third kappa shape index (κ3) is 3.60. The van der Waals surface area contributed by atoms with E-state index in [0.717, 1.165) is 5.69 Å². The number of nitrogens with one attached hydrogen (secondary N) is 1. The third-order valence-corrected chi connectivity index (χ3v) is 1.75. The Morgan fingerprint density at radius 1 is 1.43 bits per heavy atom. The van der Waals surface area contributed by atoms with Gasteiger partial charge >= 0.3 is 0 Å². The van der Waals surface area contributed by atoms with Crippen molar-refractivity contribution in [3.05, 3.63) is 43.0 Å². The molecule has 2 N–H and O–H groups in total. The molecule has 0 aromatic heterocycles. The van der Waals surface area contributed by atoms with Crippen LogP contribution in [0.4, 0.5) is 5.69 Å². The van der Waals surface area contributed by atoms with Gasteiger partial charge in [-0.3, -0.25) is 10.3 Å². The fourth-order valence-electron chi connectivity index (χ4n) is 1.00. The van der Waals surface area contributed by atoms with E-state index in [0.29, 0.717) is 6.42 Å². The van der Waals surface area contributed by atoms with Gasteiger partial charge in [-0.2, -0.15) is 0 Å². The molecule has 0 aliphatic carbocycles. The predicted octanol–water partition coefficient (Wildman–Crippen LogP) is 1.97. The number of hydrogen-bond donors (Lipinski definition) is 2. The lowest BCUT2D eigenvalue weighted by atomic mass is 10.3. The molecule has 3 nitrogen and oxygen atoms in total. The predicted molar refractivity (Wildman–Crippen MR) is 56.8 cm³/mol. The number of rotatable bonds is 6. The Bertz CT molecular complexity index is 261. The normalized spacial score (nSPS) is 12.1. The van der Waals surface area contributed by atoms with Crippen LogP contribution in [-0.2, 0) is 4.84 Å². The Morgan fingerprint density at radius 2 is 2.14 bits per heavy atom. The van der Waals surface area contributed by atoms with Gasteiger partial charge in [0.2, 0.25) is 0 Å². The molecular weight excluding hydrogens is 178 g/mol. The Hall–Kier alpha value is -1.32. The molecule has 0 amide bonds. The highest BCUT2D eigenvalue weighted by Crippen LogP contribution is 2.07. The highest BCUT2D eigenvalue weighted by atomic mass is 16.7. The summed E-state index contributed by atoms with van der Waals surface area (Å²) >= 11 is 0. The van der Waals surface area contributed by atoms with E-state index in [1.54, 1.807) is 6.08 Å². The molecule has 1 aromatic rings. The zero-order valence-electron chi connectivity index (χ0n) is 8.02. The average Bonchev–Trinajstić information content (AvgIpc) is 2.25. The minimum atomic E-state index is -0.243. The monoisotopic (exact) mass is 193 g/mol. The lowest BCUT2D eigenvalue weighted by Gasteiger charge is -2.14. The lowest BCUT2D eigenvalue weighted by molar-refractivity contribution is 0.0494. The van der Waals surface area contributed by atoms with Gasteiger partial charge in [0.15, 0.2) is 0 Å². The summed E-state index contributed by atoms with van der Waals surface area (Å²) in [5, 5.41) is 8.92. The van der Waals surface area contributed by atoms with Crippen molar-refractivity contribution in [3.8, 4) is 0 Å². The van der Waals surface area contributed by atoms with Crippen LogP contribution in [0.5, 0.6) is 0 Å². The second-order valence-electron chi connectivity index (χ2n) is 2.91.